The fraction of sp³-hybridized carbons (Fsp3) is 0.900. The molecule has 2 fully saturated rings. The Kier molecular flexibility index (Phi) is 3.24. The van der Waals surface area contributed by atoms with Crippen molar-refractivity contribution in [2.75, 3.05) is 13.3 Å². The lowest BCUT2D eigenvalue weighted by Crippen LogP contribution is -2.53. The average molecular weight is 248 g/mol. The van der Waals surface area contributed by atoms with Crippen molar-refractivity contribution in [3.05, 3.63) is 0 Å². The van der Waals surface area contributed by atoms with Gasteiger partial charge in [-0.25, -0.2) is 18.9 Å². The van der Waals surface area contributed by atoms with Gasteiger partial charge in [0.15, 0.2) is 6.79 Å². The number of carbonyl (C=O) groups is 1. The molecule has 6 nitrogen and oxygen atoms in total. The highest BCUT2D eigenvalue weighted by atomic mass is 19.1. The van der Waals surface area contributed by atoms with Crippen molar-refractivity contribution >= 4 is 6.09 Å². The van der Waals surface area contributed by atoms with Crippen molar-refractivity contribution in [1.29, 1.82) is 0 Å². The fourth-order valence-corrected chi connectivity index (χ4v) is 1.77. The lowest BCUT2D eigenvalue weighted by Gasteiger charge is -2.37. The summed E-state index contributed by atoms with van der Waals surface area (Å²) >= 11 is 0. The third-order valence-corrected chi connectivity index (χ3v) is 2.45. The first-order chi connectivity index (χ1) is 7.87. The molecular formula is C10H17FN2O4. The molecule has 0 aromatic heterocycles. The minimum absolute atomic E-state index is 0.00278. The number of hydroxylamine groups is 2. The Balaban J connectivity index is 1.99. The third-order valence-electron chi connectivity index (χ3n) is 2.45. The highest BCUT2D eigenvalue weighted by molar-refractivity contribution is 5.69. The predicted molar refractivity (Wildman–Crippen MR) is 55.1 cm³/mol. The molecule has 2 rings (SSSR count). The molecule has 0 aliphatic carbocycles. The predicted octanol–water partition coefficient (Wildman–Crippen LogP) is 1.43. The number of ether oxygens (including phenoxy) is 1. The summed E-state index contributed by atoms with van der Waals surface area (Å²) in [5.74, 6) is 0. The average Bonchev–Trinajstić information content (AvgIpc) is 2.41. The molecule has 0 aromatic rings. The Labute approximate surface area is 99.1 Å². The van der Waals surface area contributed by atoms with Gasteiger partial charge in [-0.1, -0.05) is 0 Å². The molecule has 2 atom stereocenters. The van der Waals surface area contributed by atoms with E-state index in [-0.39, 0.29) is 19.8 Å². The van der Waals surface area contributed by atoms with Crippen LogP contribution < -0.4 is 0 Å². The minimum Gasteiger partial charge on any atom is -0.444 e. The molecule has 0 saturated carbocycles. The topological polar surface area (TPSA) is 51.2 Å². The van der Waals surface area contributed by atoms with E-state index in [2.05, 4.69) is 0 Å². The molecule has 17 heavy (non-hydrogen) atoms. The number of likely N-dealkylation sites (tertiary alicyclic amines) is 1. The van der Waals surface area contributed by atoms with E-state index in [9.17, 15) is 9.18 Å². The van der Waals surface area contributed by atoms with Gasteiger partial charge in [-0.3, -0.25) is 4.90 Å². The molecular weight excluding hydrogens is 231 g/mol. The summed E-state index contributed by atoms with van der Waals surface area (Å²) in [6.07, 6.45) is -2.02. The van der Waals surface area contributed by atoms with Crippen LogP contribution in [0.1, 0.15) is 27.2 Å². The van der Waals surface area contributed by atoms with Gasteiger partial charge in [0.05, 0.1) is 6.54 Å². The lowest BCUT2D eigenvalue weighted by molar-refractivity contribution is -0.540. The summed E-state index contributed by atoms with van der Waals surface area (Å²) in [6.45, 7) is 5.43. The normalized spacial score (nSPS) is 30.2. The number of halogens is 1. The van der Waals surface area contributed by atoms with Gasteiger partial charge in [-0.05, 0) is 26.0 Å². The van der Waals surface area contributed by atoms with Gasteiger partial charge >= 0.3 is 6.09 Å². The molecule has 98 valence electrons. The van der Waals surface area contributed by atoms with Crippen molar-refractivity contribution < 1.29 is 23.6 Å². The van der Waals surface area contributed by atoms with Crippen LogP contribution >= 0.6 is 0 Å². The molecule has 7 heteroatoms. The van der Waals surface area contributed by atoms with Crippen LogP contribution in [-0.2, 0) is 14.4 Å². The van der Waals surface area contributed by atoms with Crippen LogP contribution in [-0.4, -0.2) is 47.5 Å². The van der Waals surface area contributed by atoms with Gasteiger partial charge < -0.3 is 4.74 Å². The van der Waals surface area contributed by atoms with Crippen molar-refractivity contribution in [2.24, 2.45) is 0 Å². The molecule has 0 spiro atoms. The molecule has 0 unspecified atom stereocenters. The van der Waals surface area contributed by atoms with Crippen LogP contribution in [0.4, 0.5) is 9.18 Å². The molecule has 2 saturated heterocycles. The second-order valence-electron chi connectivity index (χ2n) is 5.11. The van der Waals surface area contributed by atoms with E-state index < -0.39 is 24.0 Å². The monoisotopic (exact) mass is 248 g/mol. The second-order valence-corrected chi connectivity index (χ2v) is 5.11. The SMILES string of the molecule is CC(C)(C)OC(=O)N1C[C@H](F)C[C@H]1N1OCO1. The van der Waals surface area contributed by atoms with Gasteiger partial charge in [0.2, 0.25) is 0 Å². The van der Waals surface area contributed by atoms with E-state index in [4.69, 9.17) is 14.4 Å². The standard InChI is InChI=1S/C10H17FN2O4/c1-10(2,3)17-9(14)12-5-7(11)4-8(12)13-15-6-16-13/h7-8H,4-6H2,1-3H3/t7-,8-/m1/s1. The highest BCUT2D eigenvalue weighted by Gasteiger charge is 2.44. The van der Waals surface area contributed by atoms with Gasteiger partial charge in [0.25, 0.3) is 0 Å². The van der Waals surface area contributed by atoms with E-state index in [1.165, 1.54) is 4.90 Å². The number of hydrogen-bond donors (Lipinski definition) is 0. The van der Waals surface area contributed by atoms with Crippen LogP contribution in [0.25, 0.3) is 0 Å². The van der Waals surface area contributed by atoms with E-state index in [1.54, 1.807) is 20.8 Å². The van der Waals surface area contributed by atoms with Gasteiger partial charge in [0, 0.05) is 6.42 Å². The number of carbonyl (C=O) groups excluding carboxylic acids is 1. The van der Waals surface area contributed by atoms with Crippen LogP contribution in [0.15, 0.2) is 0 Å². The first-order valence-corrected chi connectivity index (χ1v) is 5.55. The molecule has 0 radical (unpaired) electrons. The van der Waals surface area contributed by atoms with Gasteiger partial charge in [-0.2, -0.15) is 0 Å². The smallest absolute Gasteiger partial charge is 0.411 e. The molecule has 1 amide bonds. The van der Waals surface area contributed by atoms with Gasteiger partial charge in [0.1, 0.15) is 17.9 Å². The minimum atomic E-state index is -1.08. The highest BCUT2D eigenvalue weighted by Crippen LogP contribution is 2.28. The van der Waals surface area contributed by atoms with Crippen molar-refractivity contribution in [2.45, 2.75) is 45.1 Å². The van der Waals surface area contributed by atoms with Crippen molar-refractivity contribution in [3.63, 3.8) is 0 Å². The first-order valence-electron chi connectivity index (χ1n) is 5.55. The van der Waals surface area contributed by atoms with Crippen LogP contribution in [0, 0.1) is 0 Å². The Bertz CT molecular complexity index is 303. The Morgan fingerprint density at radius 1 is 1.41 bits per heavy atom. The molecule has 0 aromatic carbocycles. The summed E-state index contributed by atoms with van der Waals surface area (Å²) in [7, 11) is 0. The summed E-state index contributed by atoms with van der Waals surface area (Å²) in [5, 5.41) is 1.14. The number of alkyl halides is 1. The maximum absolute atomic E-state index is 13.4. The number of hydrogen-bond acceptors (Lipinski definition) is 5. The zero-order chi connectivity index (χ0) is 12.6. The Morgan fingerprint density at radius 3 is 2.53 bits per heavy atom. The molecule has 0 bridgehead atoms. The van der Waals surface area contributed by atoms with Gasteiger partial charge in [-0.15, -0.1) is 0 Å². The van der Waals surface area contributed by atoms with E-state index in [0.717, 1.165) is 5.23 Å². The third kappa shape index (κ3) is 2.85. The zero-order valence-corrected chi connectivity index (χ0v) is 10.2. The molecule has 2 aliphatic rings. The van der Waals surface area contributed by atoms with E-state index in [0.29, 0.717) is 0 Å². The number of nitrogens with zero attached hydrogens (tertiary/aromatic N) is 2. The first kappa shape index (κ1) is 12.5. The fourth-order valence-electron chi connectivity index (χ4n) is 1.77. The zero-order valence-electron chi connectivity index (χ0n) is 10.2. The van der Waals surface area contributed by atoms with Crippen LogP contribution in [0.2, 0.25) is 0 Å². The van der Waals surface area contributed by atoms with E-state index in [1.807, 2.05) is 0 Å². The summed E-state index contributed by atoms with van der Waals surface area (Å²) < 4.78 is 18.6. The maximum Gasteiger partial charge on any atom is 0.411 e. The van der Waals surface area contributed by atoms with Crippen molar-refractivity contribution in [1.82, 2.24) is 10.1 Å². The quantitative estimate of drug-likeness (QED) is 0.702. The molecule has 0 N–H and O–H groups in total. The maximum atomic E-state index is 13.4. The Hall–Kier alpha value is -0.920. The largest absolute Gasteiger partial charge is 0.444 e. The number of rotatable bonds is 1. The number of amides is 1. The molecule has 2 heterocycles. The van der Waals surface area contributed by atoms with E-state index >= 15 is 0 Å². The summed E-state index contributed by atoms with van der Waals surface area (Å²) in [5.41, 5.74) is -0.604. The lowest BCUT2D eigenvalue weighted by atomic mass is 10.2. The second kappa shape index (κ2) is 4.40. The summed E-state index contributed by atoms with van der Waals surface area (Å²) in [4.78, 5) is 23.1. The van der Waals surface area contributed by atoms with Crippen LogP contribution in [0.3, 0.4) is 0 Å². The van der Waals surface area contributed by atoms with Crippen LogP contribution in [0.5, 0.6) is 0 Å². The Morgan fingerprint density at radius 2 is 2.06 bits per heavy atom. The van der Waals surface area contributed by atoms with Crippen molar-refractivity contribution in [3.8, 4) is 0 Å². The summed E-state index contributed by atoms with van der Waals surface area (Å²) in [6, 6.07) is 0. The molecule has 2 aliphatic heterocycles.